The lowest BCUT2D eigenvalue weighted by molar-refractivity contribution is -0.141. The average Bonchev–Trinajstić information content (AvgIpc) is 2.41. The minimum atomic E-state index is -4.58. The van der Waals surface area contributed by atoms with Gasteiger partial charge in [-0.3, -0.25) is 4.79 Å². The zero-order valence-electron chi connectivity index (χ0n) is 12.0. The molecule has 0 aliphatic rings. The Kier molecular flexibility index (Phi) is 5.74. The predicted octanol–water partition coefficient (Wildman–Crippen LogP) is 1.72. The van der Waals surface area contributed by atoms with E-state index in [1.165, 1.54) is 7.05 Å². The van der Waals surface area contributed by atoms with Gasteiger partial charge in [0.1, 0.15) is 5.82 Å². The summed E-state index contributed by atoms with van der Waals surface area (Å²) >= 11 is 0. The van der Waals surface area contributed by atoms with Crippen LogP contribution in [-0.4, -0.2) is 36.0 Å². The number of anilines is 2. The number of nitrogens with one attached hydrogen (secondary N) is 3. The number of alkyl halides is 3. The van der Waals surface area contributed by atoms with Crippen LogP contribution in [0.15, 0.2) is 6.07 Å². The van der Waals surface area contributed by atoms with Gasteiger partial charge < -0.3 is 16.0 Å². The predicted molar refractivity (Wildman–Crippen MR) is 72.9 cm³/mol. The fourth-order valence-electron chi connectivity index (χ4n) is 1.35. The number of hydrogen-bond donors (Lipinski definition) is 3. The van der Waals surface area contributed by atoms with Crippen LogP contribution in [-0.2, 0) is 11.0 Å². The molecular formula is C12H18F3N5O. The first-order valence-corrected chi connectivity index (χ1v) is 6.37. The molecule has 1 rings (SSSR count). The van der Waals surface area contributed by atoms with Gasteiger partial charge in [0.2, 0.25) is 11.9 Å². The number of halogens is 3. The first-order chi connectivity index (χ1) is 9.72. The average molecular weight is 305 g/mol. The molecule has 0 bridgehead atoms. The fraction of sp³-hybridized carbons (Fsp3) is 0.583. The molecule has 0 aliphatic carbocycles. The maximum absolute atomic E-state index is 12.7. The maximum atomic E-state index is 12.7. The molecule has 9 heteroatoms. The molecule has 21 heavy (non-hydrogen) atoms. The SMILES string of the molecule is CNc1nc(NCC(=O)NCC(C)C)cc(C(F)(F)F)n1. The summed E-state index contributed by atoms with van der Waals surface area (Å²) in [5, 5.41) is 7.64. The maximum Gasteiger partial charge on any atom is 0.433 e. The molecule has 0 aromatic carbocycles. The number of nitrogens with zero attached hydrogens (tertiary/aromatic N) is 2. The third-order valence-corrected chi connectivity index (χ3v) is 2.38. The van der Waals surface area contributed by atoms with E-state index in [2.05, 4.69) is 25.9 Å². The third-order valence-electron chi connectivity index (χ3n) is 2.38. The van der Waals surface area contributed by atoms with Gasteiger partial charge in [-0.2, -0.15) is 18.2 Å². The molecule has 0 saturated carbocycles. The molecule has 1 heterocycles. The molecule has 118 valence electrons. The second kappa shape index (κ2) is 7.09. The lowest BCUT2D eigenvalue weighted by atomic mass is 10.2. The van der Waals surface area contributed by atoms with Gasteiger partial charge in [0.15, 0.2) is 5.69 Å². The van der Waals surface area contributed by atoms with Gasteiger partial charge in [-0.1, -0.05) is 13.8 Å². The highest BCUT2D eigenvalue weighted by Gasteiger charge is 2.33. The smallest absolute Gasteiger partial charge is 0.361 e. The lowest BCUT2D eigenvalue weighted by Crippen LogP contribution is -2.32. The minimum absolute atomic E-state index is 0.0682. The highest BCUT2D eigenvalue weighted by Crippen LogP contribution is 2.29. The van der Waals surface area contributed by atoms with Crippen molar-refractivity contribution in [1.29, 1.82) is 0 Å². The molecule has 1 amide bonds. The van der Waals surface area contributed by atoms with Crippen LogP contribution in [0.25, 0.3) is 0 Å². The van der Waals surface area contributed by atoms with Crippen molar-refractivity contribution in [3.8, 4) is 0 Å². The number of carbonyl (C=O) groups excluding carboxylic acids is 1. The highest BCUT2D eigenvalue weighted by atomic mass is 19.4. The summed E-state index contributed by atoms with van der Waals surface area (Å²) in [7, 11) is 1.41. The number of aromatic nitrogens is 2. The van der Waals surface area contributed by atoms with Crippen molar-refractivity contribution in [3.05, 3.63) is 11.8 Å². The van der Waals surface area contributed by atoms with Gasteiger partial charge in [0, 0.05) is 19.7 Å². The van der Waals surface area contributed by atoms with Gasteiger partial charge in [-0.25, -0.2) is 4.98 Å². The van der Waals surface area contributed by atoms with Crippen LogP contribution in [0.4, 0.5) is 24.9 Å². The number of rotatable bonds is 6. The fourth-order valence-corrected chi connectivity index (χ4v) is 1.35. The molecule has 0 saturated heterocycles. The molecule has 0 unspecified atom stereocenters. The Hall–Kier alpha value is -2.06. The first-order valence-electron chi connectivity index (χ1n) is 6.37. The molecule has 1 aromatic heterocycles. The van der Waals surface area contributed by atoms with Crippen molar-refractivity contribution < 1.29 is 18.0 Å². The highest BCUT2D eigenvalue weighted by molar-refractivity contribution is 5.80. The Morgan fingerprint density at radius 2 is 2.00 bits per heavy atom. The summed E-state index contributed by atoms with van der Waals surface area (Å²) in [6.07, 6.45) is -4.58. The molecule has 0 spiro atoms. The first kappa shape index (κ1) is 17.0. The second-order valence-electron chi connectivity index (χ2n) is 4.76. The Morgan fingerprint density at radius 3 is 2.52 bits per heavy atom. The topological polar surface area (TPSA) is 78.9 Å². The largest absolute Gasteiger partial charge is 0.433 e. The van der Waals surface area contributed by atoms with Crippen LogP contribution in [0.5, 0.6) is 0 Å². The molecular weight excluding hydrogens is 287 g/mol. The summed E-state index contributed by atoms with van der Waals surface area (Å²) in [5.41, 5.74) is -1.08. The van der Waals surface area contributed by atoms with E-state index in [1.54, 1.807) is 0 Å². The van der Waals surface area contributed by atoms with Gasteiger partial charge in [-0.05, 0) is 5.92 Å². The van der Waals surface area contributed by atoms with E-state index in [0.29, 0.717) is 12.5 Å². The molecule has 0 radical (unpaired) electrons. The summed E-state index contributed by atoms with van der Waals surface area (Å²) in [5.74, 6) is -0.265. The van der Waals surface area contributed by atoms with Crippen molar-refractivity contribution in [2.24, 2.45) is 5.92 Å². The van der Waals surface area contributed by atoms with Crippen molar-refractivity contribution >= 4 is 17.7 Å². The summed E-state index contributed by atoms with van der Waals surface area (Å²) in [4.78, 5) is 18.6. The zero-order valence-corrected chi connectivity index (χ0v) is 12.0. The second-order valence-corrected chi connectivity index (χ2v) is 4.76. The minimum Gasteiger partial charge on any atom is -0.361 e. The zero-order chi connectivity index (χ0) is 16.0. The van der Waals surface area contributed by atoms with Gasteiger partial charge in [0.05, 0.1) is 6.54 Å². The molecule has 6 nitrogen and oxygen atoms in total. The van der Waals surface area contributed by atoms with Crippen LogP contribution >= 0.6 is 0 Å². The number of hydrogen-bond acceptors (Lipinski definition) is 5. The van der Waals surface area contributed by atoms with E-state index in [1.807, 2.05) is 13.8 Å². The Bertz CT molecular complexity index is 490. The van der Waals surface area contributed by atoms with E-state index >= 15 is 0 Å². The van der Waals surface area contributed by atoms with E-state index in [4.69, 9.17) is 0 Å². The van der Waals surface area contributed by atoms with E-state index < -0.39 is 11.9 Å². The van der Waals surface area contributed by atoms with Crippen LogP contribution in [0, 0.1) is 5.92 Å². The lowest BCUT2D eigenvalue weighted by Gasteiger charge is -2.12. The van der Waals surface area contributed by atoms with Crippen molar-refractivity contribution in [2.45, 2.75) is 20.0 Å². The molecule has 3 N–H and O–H groups in total. The quantitative estimate of drug-likeness (QED) is 0.746. The standard InChI is InChI=1S/C12H18F3N5O/c1-7(2)5-18-10(21)6-17-9-4-8(12(13,14)15)19-11(16-3)20-9/h4,7H,5-6H2,1-3H3,(H,18,21)(H2,16,17,19,20). The van der Waals surface area contributed by atoms with Crippen molar-refractivity contribution in [3.63, 3.8) is 0 Å². The molecule has 0 atom stereocenters. The number of carbonyl (C=O) groups is 1. The van der Waals surface area contributed by atoms with Crippen LogP contribution in [0.1, 0.15) is 19.5 Å². The van der Waals surface area contributed by atoms with Gasteiger partial charge in [-0.15, -0.1) is 0 Å². The molecule has 0 aliphatic heterocycles. The third kappa shape index (κ3) is 5.84. The summed E-state index contributed by atoms with van der Waals surface area (Å²) in [6.45, 7) is 4.21. The van der Waals surface area contributed by atoms with E-state index in [0.717, 1.165) is 6.07 Å². The Morgan fingerprint density at radius 1 is 1.33 bits per heavy atom. The van der Waals surface area contributed by atoms with E-state index in [-0.39, 0.29) is 24.2 Å². The normalized spacial score (nSPS) is 11.4. The Labute approximate surface area is 120 Å². The summed E-state index contributed by atoms with van der Waals surface area (Å²) < 4.78 is 38.0. The molecule has 0 fully saturated rings. The summed E-state index contributed by atoms with van der Waals surface area (Å²) in [6, 6.07) is 0.760. The van der Waals surface area contributed by atoms with E-state index in [9.17, 15) is 18.0 Å². The monoisotopic (exact) mass is 305 g/mol. The molecule has 1 aromatic rings. The van der Waals surface area contributed by atoms with Gasteiger partial charge in [0.25, 0.3) is 0 Å². The van der Waals surface area contributed by atoms with Crippen LogP contribution in [0.2, 0.25) is 0 Å². The number of amides is 1. The van der Waals surface area contributed by atoms with Crippen molar-refractivity contribution in [2.75, 3.05) is 30.8 Å². The van der Waals surface area contributed by atoms with Crippen LogP contribution < -0.4 is 16.0 Å². The van der Waals surface area contributed by atoms with Crippen molar-refractivity contribution in [1.82, 2.24) is 15.3 Å². The van der Waals surface area contributed by atoms with Crippen LogP contribution in [0.3, 0.4) is 0 Å². The Balaban J connectivity index is 2.72. The van der Waals surface area contributed by atoms with Gasteiger partial charge >= 0.3 is 6.18 Å².